The van der Waals surface area contributed by atoms with E-state index in [9.17, 15) is 24.5 Å². The number of nitrogens with one attached hydrogen (secondary N) is 1. The predicted molar refractivity (Wildman–Crippen MR) is 130 cm³/mol. The summed E-state index contributed by atoms with van der Waals surface area (Å²) in [6, 6.07) is 7.33. The lowest BCUT2D eigenvalue weighted by atomic mass is 10.1. The van der Waals surface area contributed by atoms with E-state index in [2.05, 4.69) is 5.32 Å². The summed E-state index contributed by atoms with van der Waals surface area (Å²) in [5, 5.41) is 13.7. The molecule has 0 atom stereocenters. The van der Waals surface area contributed by atoms with Crippen molar-refractivity contribution in [3.05, 3.63) is 73.5 Å². The summed E-state index contributed by atoms with van der Waals surface area (Å²) in [6.45, 7) is 5.18. The second kappa shape index (κ2) is 11.5. The number of aryl methyl sites for hydroxylation is 1. The van der Waals surface area contributed by atoms with E-state index in [4.69, 9.17) is 18.6 Å². The molecule has 0 saturated heterocycles. The summed E-state index contributed by atoms with van der Waals surface area (Å²) in [5.41, 5.74) is 0.847. The number of furan rings is 1. The third-order valence-corrected chi connectivity index (χ3v) is 6.20. The molecule has 1 aromatic carbocycles. The molecule has 2 heterocycles. The van der Waals surface area contributed by atoms with E-state index in [0.717, 1.165) is 11.3 Å². The molecule has 0 spiro atoms. The fraction of sp³-hybridized carbons (Fsp3) is 0.292. The molecule has 1 N–H and O–H groups in total. The van der Waals surface area contributed by atoms with Crippen molar-refractivity contribution in [1.29, 1.82) is 0 Å². The van der Waals surface area contributed by atoms with Gasteiger partial charge in [-0.1, -0.05) is 6.92 Å². The number of nitrogens with zero attached hydrogens (tertiary/aromatic N) is 1. The summed E-state index contributed by atoms with van der Waals surface area (Å²) in [7, 11) is 1.22. The maximum absolute atomic E-state index is 12.8. The first-order valence-corrected chi connectivity index (χ1v) is 11.6. The van der Waals surface area contributed by atoms with Crippen LogP contribution in [0.1, 0.15) is 60.8 Å². The van der Waals surface area contributed by atoms with Crippen LogP contribution in [0.15, 0.2) is 34.7 Å². The molecule has 1 amide bonds. The largest absolute Gasteiger partial charge is 0.486 e. The van der Waals surface area contributed by atoms with Crippen molar-refractivity contribution >= 4 is 39.9 Å². The number of amides is 1. The molecular formula is C24H24N2O9S. The van der Waals surface area contributed by atoms with E-state index in [1.807, 2.05) is 6.92 Å². The van der Waals surface area contributed by atoms with Crippen molar-refractivity contribution in [1.82, 2.24) is 0 Å². The van der Waals surface area contributed by atoms with Crippen LogP contribution in [0.2, 0.25) is 0 Å². The van der Waals surface area contributed by atoms with Crippen molar-refractivity contribution in [3.8, 4) is 5.75 Å². The van der Waals surface area contributed by atoms with Gasteiger partial charge in [0.15, 0.2) is 5.76 Å². The number of rotatable bonds is 10. The number of hydrogen-bond donors (Lipinski definition) is 1. The third kappa shape index (κ3) is 5.89. The maximum atomic E-state index is 12.8. The number of nitro groups is 1. The molecule has 11 nitrogen and oxygen atoms in total. The first-order valence-electron chi connectivity index (χ1n) is 10.8. The first-order chi connectivity index (χ1) is 17.2. The van der Waals surface area contributed by atoms with E-state index >= 15 is 0 Å². The molecule has 190 valence electrons. The topological polar surface area (TPSA) is 147 Å². The molecule has 0 saturated carbocycles. The van der Waals surface area contributed by atoms with Crippen molar-refractivity contribution < 1.29 is 37.9 Å². The second-order valence-electron chi connectivity index (χ2n) is 7.60. The number of carbonyl (C=O) groups excluding carboxylic acids is 3. The fourth-order valence-electron chi connectivity index (χ4n) is 3.22. The Labute approximate surface area is 210 Å². The van der Waals surface area contributed by atoms with Crippen LogP contribution in [0.3, 0.4) is 0 Å². The zero-order valence-corrected chi connectivity index (χ0v) is 20.9. The zero-order valence-electron chi connectivity index (χ0n) is 20.0. The van der Waals surface area contributed by atoms with Crippen LogP contribution in [-0.4, -0.2) is 36.5 Å². The average molecular weight is 517 g/mol. The van der Waals surface area contributed by atoms with Gasteiger partial charge in [0.2, 0.25) is 0 Å². The number of methoxy groups -OCH3 is 1. The molecule has 0 fully saturated rings. The SMILES string of the molecule is CCCOC(=O)c1c(NC(=O)c2ccc(COc3ccc([N+](=O)[O-])c(C)c3)o2)sc(C(=O)OC)c1C. The molecule has 0 radical (unpaired) electrons. The summed E-state index contributed by atoms with van der Waals surface area (Å²) in [5.74, 6) is -1.26. The smallest absolute Gasteiger partial charge is 0.348 e. The molecule has 0 aliphatic carbocycles. The van der Waals surface area contributed by atoms with E-state index < -0.39 is 22.8 Å². The van der Waals surface area contributed by atoms with Gasteiger partial charge in [0.05, 0.1) is 24.2 Å². The Morgan fingerprint density at radius 3 is 2.53 bits per heavy atom. The number of nitro benzene ring substituents is 1. The van der Waals surface area contributed by atoms with Crippen molar-refractivity contribution in [2.24, 2.45) is 0 Å². The molecule has 36 heavy (non-hydrogen) atoms. The lowest BCUT2D eigenvalue weighted by Crippen LogP contribution is -2.14. The normalized spacial score (nSPS) is 10.6. The van der Waals surface area contributed by atoms with Gasteiger partial charge in [-0.15, -0.1) is 11.3 Å². The average Bonchev–Trinajstić information content (AvgIpc) is 3.45. The highest BCUT2D eigenvalue weighted by Gasteiger charge is 2.28. The van der Waals surface area contributed by atoms with Crippen LogP contribution < -0.4 is 10.1 Å². The van der Waals surface area contributed by atoms with Gasteiger partial charge in [-0.05, 0) is 50.1 Å². The highest BCUT2D eigenvalue weighted by atomic mass is 32.1. The molecule has 3 rings (SSSR count). The van der Waals surface area contributed by atoms with Crippen LogP contribution >= 0.6 is 11.3 Å². The minimum absolute atomic E-state index is 0.0172. The van der Waals surface area contributed by atoms with Crippen LogP contribution in [0.4, 0.5) is 10.7 Å². The molecule has 0 unspecified atom stereocenters. The Bertz CT molecular complexity index is 1310. The van der Waals surface area contributed by atoms with Gasteiger partial charge in [0, 0.05) is 11.6 Å². The molecule has 2 aromatic heterocycles. The highest BCUT2D eigenvalue weighted by molar-refractivity contribution is 7.18. The number of thiophene rings is 1. The van der Waals surface area contributed by atoms with Gasteiger partial charge < -0.3 is 23.9 Å². The van der Waals surface area contributed by atoms with Crippen molar-refractivity contribution in [2.45, 2.75) is 33.8 Å². The summed E-state index contributed by atoms with van der Waals surface area (Å²) >= 11 is 0.901. The Morgan fingerprint density at radius 2 is 1.89 bits per heavy atom. The van der Waals surface area contributed by atoms with Gasteiger partial charge in [-0.2, -0.15) is 0 Å². The Hall–Kier alpha value is -4.19. The Balaban J connectivity index is 1.74. The minimum atomic E-state index is -0.664. The number of benzene rings is 1. The van der Waals surface area contributed by atoms with Gasteiger partial charge in [0.25, 0.3) is 11.6 Å². The second-order valence-corrected chi connectivity index (χ2v) is 8.62. The van der Waals surface area contributed by atoms with Gasteiger partial charge >= 0.3 is 11.9 Å². The van der Waals surface area contributed by atoms with Gasteiger partial charge in [-0.3, -0.25) is 14.9 Å². The molecule has 3 aromatic rings. The molecule has 0 aliphatic rings. The van der Waals surface area contributed by atoms with Crippen LogP contribution in [-0.2, 0) is 16.1 Å². The van der Waals surface area contributed by atoms with Crippen LogP contribution in [0.5, 0.6) is 5.75 Å². The quantitative estimate of drug-likeness (QED) is 0.222. The first kappa shape index (κ1) is 26.4. The fourth-order valence-corrected chi connectivity index (χ4v) is 4.33. The Morgan fingerprint density at radius 1 is 1.14 bits per heavy atom. The zero-order chi connectivity index (χ0) is 26.4. The minimum Gasteiger partial charge on any atom is -0.486 e. The lowest BCUT2D eigenvalue weighted by Gasteiger charge is -2.07. The van der Waals surface area contributed by atoms with Gasteiger partial charge in [-0.25, -0.2) is 9.59 Å². The highest BCUT2D eigenvalue weighted by Crippen LogP contribution is 2.35. The lowest BCUT2D eigenvalue weighted by molar-refractivity contribution is -0.385. The van der Waals surface area contributed by atoms with Crippen LogP contribution in [0, 0.1) is 24.0 Å². The molecular weight excluding hydrogens is 492 g/mol. The van der Waals surface area contributed by atoms with E-state index in [-0.39, 0.29) is 40.1 Å². The Kier molecular flexibility index (Phi) is 8.43. The van der Waals surface area contributed by atoms with Crippen molar-refractivity contribution in [2.75, 3.05) is 19.0 Å². The number of anilines is 1. The van der Waals surface area contributed by atoms with Gasteiger partial charge in [0.1, 0.15) is 28.0 Å². The van der Waals surface area contributed by atoms with Crippen LogP contribution in [0.25, 0.3) is 0 Å². The summed E-state index contributed by atoms with van der Waals surface area (Å²) in [6.07, 6.45) is 0.608. The predicted octanol–water partition coefficient (Wildman–Crippen LogP) is 5.05. The number of carbonyl (C=O) groups is 3. The molecule has 12 heteroatoms. The van der Waals surface area contributed by atoms with E-state index in [0.29, 0.717) is 29.1 Å². The number of ether oxygens (including phenoxy) is 3. The van der Waals surface area contributed by atoms with E-state index in [1.165, 1.54) is 31.4 Å². The summed E-state index contributed by atoms with van der Waals surface area (Å²) in [4.78, 5) is 48.2. The monoisotopic (exact) mass is 516 g/mol. The maximum Gasteiger partial charge on any atom is 0.348 e. The van der Waals surface area contributed by atoms with Crippen molar-refractivity contribution in [3.63, 3.8) is 0 Å². The summed E-state index contributed by atoms with van der Waals surface area (Å²) < 4.78 is 21.1. The number of esters is 2. The third-order valence-electron chi connectivity index (χ3n) is 5.02. The molecule has 0 bridgehead atoms. The molecule has 0 aliphatic heterocycles. The number of hydrogen-bond acceptors (Lipinski definition) is 10. The van der Waals surface area contributed by atoms with E-state index in [1.54, 1.807) is 19.9 Å². The standard InChI is InChI=1S/C24H24N2O9S/c1-5-10-33-23(28)19-14(3)20(24(29)32-4)36-22(19)25-21(27)18-9-7-16(35-18)12-34-15-6-8-17(26(30)31)13(2)11-15/h6-9,11H,5,10,12H2,1-4H3,(H,25,27).